The largest absolute Gasteiger partial charge is 0.392 e. The highest BCUT2D eigenvalue weighted by molar-refractivity contribution is 6.42. The van der Waals surface area contributed by atoms with Gasteiger partial charge in [0.05, 0.1) is 16.1 Å². The summed E-state index contributed by atoms with van der Waals surface area (Å²) in [5.74, 6) is 0. The topological polar surface area (TPSA) is 20.2 Å². The predicted molar refractivity (Wildman–Crippen MR) is 88.3 cm³/mol. The quantitative estimate of drug-likeness (QED) is 0.870. The van der Waals surface area contributed by atoms with E-state index in [1.165, 1.54) is 36.0 Å². The van der Waals surface area contributed by atoms with Crippen molar-refractivity contribution in [3.63, 3.8) is 0 Å². The van der Waals surface area contributed by atoms with E-state index in [4.69, 9.17) is 23.2 Å². The highest BCUT2D eigenvalue weighted by atomic mass is 35.5. The highest BCUT2D eigenvalue weighted by Gasteiger charge is 2.13. The molecule has 1 nitrogen and oxygen atoms in total. The second-order valence-corrected chi connectivity index (χ2v) is 6.58. The van der Waals surface area contributed by atoms with Gasteiger partial charge in [0.25, 0.3) is 0 Å². The third-order valence-electron chi connectivity index (χ3n) is 4.09. The maximum Gasteiger partial charge on any atom is 0.0620 e. The Hall–Kier alpha value is -1.02. The van der Waals surface area contributed by atoms with Crippen LogP contribution < -0.4 is 0 Å². The van der Waals surface area contributed by atoms with E-state index in [1.54, 1.807) is 6.07 Å². The molecule has 1 atom stereocenters. The Balaban J connectivity index is 1.66. The molecule has 0 heterocycles. The van der Waals surface area contributed by atoms with Crippen LogP contribution in [0.4, 0.5) is 0 Å². The molecule has 0 aliphatic heterocycles. The molecule has 0 fully saturated rings. The van der Waals surface area contributed by atoms with Crippen LogP contribution in [-0.4, -0.2) is 11.2 Å². The van der Waals surface area contributed by atoms with E-state index in [0.717, 1.165) is 5.56 Å². The second kappa shape index (κ2) is 6.39. The van der Waals surface area contributed by atoms with Gasteiger partial charge in [-0.3, -0.25) is 0 Å². The summed E-state index contributed by atoms with van der Waals surface area (Å²) in [5, 5.41) is 11.4. The molecule has 1 unspecified atom stereocenters. The Morgan fingerprint density at radius 3 is 2.29 bits per heavy atom. The molecule has 3 rings (SSSR count). The summed E-state index contributed by atoms with van der Waals surface area (Å²) in [6, 6.07) is 12.1. The van der Waals surface area contributed by atoms with Gasteiger partial charge in [0.15, 0.2) is 0 Å². The summed E-state index contributed by atoms with van der Waals surface area (Å²) in [6.07, 6.45) is 4.49. The normalized spacial score (nSPS) is 15.0. The third-order valence-corrected chi connectivity index (χ3v) is 4.83. The summed E-state index contributed by atoms with van der Waals surface area (Å²) in [6.45, 7) is 0. The van der Waals surface area contributed by atoms with E-state index in [9.17, 15) is 5.11 Å². The number of aliphatic hydroxyl groups is 1. The zero-order valence-corrected chi connectivity index (χ0v) is 13.3. The summed E-state index contributed by atoms with van der Waals surface area (Å²) in [4.78, 5) is 0. The van der Waals surface area contributed by atoms with Crippen LogP contribution in [0.2, 0.25) is 10.0 Å². The van der Waals surface area contributed by atoms with E-state index >= 15 is 0 Å². The van der Waals surface area contributed by atoms with Crippen LogP contribution in [0.1, 0.15) is 28.7 Å². The molecule has 0 radical (unpaired) electrons. The lowest BCUT2D eigenvalue weighted by Gasteiger charge is -2.12. The molecule has 21 heavy (non-hydrogen) atoms. The number of fused-ring (bicyclic) bond motifs is 1. The minimum absolute atomic E-state index is 0.401. The molecule has 0 spiro atoms. The van der Waals surface area contributed by atoms with Crippen molar-refractivity contribution < 1.29 is 5.11 Å². The first kappa shape index (κ1) is 14.9. The zero-order chi connectivity index (χ0) is 14.8. The van der Waals surface area contributed by atoms with Crippen LogP contribution in [0, 0.1) is 0 Å². The Kier molecular flexibility index (Phi) is 4.54. The van der Waals surface area contributed by atoms with Crippen molar-refractivity contribution >= 4 is 23.2 Å². The number of hydrogen-bond donors (Lipinski definition) is 1. The Labute approximate surface area is 135 Å². The van der Waals surface area contributed by atoms with Gasteiger partial charge in [0.1, 0.15) is 0 Å². The molecule has 110 valence electrons. The van der Waals surface area contributed by atoms with Gasteiger partial charge in [-0.25, -0.2) is 0 Å². The van der Waals surface area contributed by atoms with Gasteiger partial charge in [-0.2, -0.15) is 0 Å². The van der Waals surface area contributed by atoms with Crippen molar-refractivity contribution in [1.82, 2.24) is 0 Å². The molecule has 1 aliphatic carbocycles. The fourth-order valence-corrected chi connectivity index (χ4v) is 3.36. The van der Waals surface area contributed by atoms with Crippen molar-refractivity contribution in [2.75, 3.05) is 0 Å². The van der Waals surface area contributed by atoms with Crippen LogP contribution in [0.3, 0.4) is 0 Å². The van der Waals surface area contributed by atoms with Gasteiger partial charge in [0.2, 0.25) is 0 Å². The molecule has 2 aromatic rings. The number of benzene rings is 2. The molecular weight excluding hydrogens is 303 g/mol. The minimum Gasteiger partial charge on any atom is -0.392 e. The highest BCUT2D eigenvalue weighted by Crippen LogP contribution is 2.25. The van der Waals surface area contributed by atoms with E-state index in [2.05, 4.69) is 18.2 Å². The monoisotopic (exact) mass is 320 g/mol. The van der Waals surface area contributed by atoms with Crippen LogP contribution in [-0.2, 0) is 25.7 Å². The molecule has 1 N–H and O–H groups in total. The Bertz CT molecular complexity index is 652. The average Bonchev–Trinajstić information content (AvgIpc) is 2.90. The molecule has 3 heteroatoms. The maximum atomic E-state index is 10.3. The molecule has 0 saturated heterocycles. The van der Waals surface area contributed by atoms with E-state index in [-0.39, 0.29) is 0 Å². The minimum atomic E-state index is -0.401. The number of aliphatic hydroxyl groups excluding tert-OH is 1. The van der Waals surface area contributed by atoms with E-state index < -0.39 is 6.10 Å². The van der Waals surface area contributed by atoms with Crippen molar-refractivity contribution in [2.24, 2.45) is 0 Å². The van der Waals surface area contributed by atoms with E-state index in [1.807, 2.05) is 12.1 Å². The number of aryl methyl sites for hydroxylation is 2. The molecule has 0 aromatic heterocycles. The van der Waals surface area contributed by atoms with Crippen LogP contribution >= 0.6 is 23.2 Å². The Morgan fingerprint density at radius 1 is 0.857 bits per heavy atom. The lowest BCUT2D eigenvalue weighted by Crippen LogP contribution is -2.14. The summed E-state index contributed by atoms with van der Waals surface area (Å²) in [5.41, 5.74) is 5.15. The van der Waals surface area contributed by atoms with Gasteiger partial charge in [-0.15, -0.1) is 0 Å². The van der Waals surface area contributed by atoms with Crippen LogP contribution in [0.25, 0.3) is 0 Å². The SMILES string of the molecule is OC(Cc1ccc(Cl)c(Cl)c1)Cc1ccc2c(c1)CCC2. The third kappa shape index (κ3) is 3.60. The van der Waals surface area contributed by atoms with Gasteiger partial charge >= 0.3 is 0 Å². The lowest BCUT2D eigenvalue weighted by atomic mass is 9.98. The fraction of sp³-hybridized carbons (Fsp3) is 0.333. The fourth-order valence-electron chi connectivity index (χ4n) is 3.04. The van der Waals surface area contributed by atoms with Gasteiger partial charge in [-0.05, 0) is 66.5 Å². The first-order chi connectivity index (χ1) is 10.1. The first-order valence-corrected chi connectivity index (χ1v) is 8.10. The second-order valence-electron chi connectivity index (χ2n) is 5.77. The standard InChI is InChI=1S/C18H18Cl2O/c19-17-7-5-13(11-18(17)20)10-16(21)9-12-4-6-14-2-1-3-15(14)8-12/h4-8,11,16,21H,1-3,9-10H2. The summed E-state index contributed by atoms with van der Waals surface area (Å²) >= 11 is 11.9. The lowest BCUT2D eigenvalue weighted by molar-refractivity contribution is 0.175. The number of hydrogen-bond acceptors (Lipinski definition) is 1. The molecule has 0 bridgehead atoms. The van der Waals surface area contributed by atoms with Crippen molar-refractivity contribution in [2.45, 2.75) is 38.2 Å². The molecule has 0 saturated carbocycles. The maximum absolute atomic E-state index is 10.3. The summed E-state index contributed by atoms with van der Waals surface area (Å²) in [7, 11) is 0. The van der Waals surface area contributed by atoms with Gasteiger partial charge in [-0.1, -0.05) is 47.5 Å². The molecule has 2 aromatic carbocycles. The Morgan fingerprint density at radius 2 is 1.52 bits per heavy atom. The van der Waals surface area contributed by atoms with Crippen molar-refractivity contribution in [3.8, 4) is 0 Å². The van der Waals surface area contributed by atoms with Crippen molar-refractivity contribution in [3.05, 3.63) is 68.7 Å². The summed E-state index contributed by atoms with van der Waals surface area (Å²) < 4.78 is 0. The van der Waals surface area contributed by atoms with Crippen LogP contribution in [0.15, 0.2) is 36.4 Å². The number of halogens is 2. The van der Waals surface area contributed by atoms with Crippen molar-refractivity contribution in [1.29, 1.82) is 0 Å². The van der Waals surface area contributed by atoms with Gasteiger partial charge < -0.3 is 5.11 Å². The smallest absolute Gasteiger partial charge is 0.0620 e. The van der Waals surface area contributed by atoms with E-state index in [0.29, 0.717) is 22.9 Å². The average molecular weight is 321 g/mol. The molecule has 0 amide bonds. The first-order valence-electron chi connectivity index (χ1n) is 7.34. The molecular formula is C18H18Cl2O. The predicted octanol–water partition coefficient (Wildman–Crippen LogP) is 4.63. The number of rotatable bonds is 4. The zero-order valence-electron chi connectivity index (χ0n) is 11.8. The molecule has 1 aliphatic rings. The van der Waals surface area contributed by atoms with Crippen LogP contribution in [0.5, 0.6) is 0 Å². The van der Waals surface area contributed by atoms with Gasteiger partial charge in [0, 0.05) is 0 Å².